The molecule has 0 saturated carbocycles. The maximum atomic E-state index is 11.1. The van der Waals surface area contributed by atoms with Crippen LogP contribution in [0.4, 0.5) is 0 Å². The predicted octanol–water partition coefficient (Wildman–Crippen LogP) is 1.04. The quantitative estimate of drug-likeness (QED) is 0.520. The maximum Gasteiger partial charge on any atom is 0.253 e. The Morgan fingerprint density at radius 2 is 2.50 bits per heavy atom. The molecule has 1 aromatic rings. The molecule has 0 aliphatic carbocycles. The van der Waals surface area contributed by atoms with Gasteiger partial charge in [-0.2, -0.15) is 0 Å². The van der Waals surface area contributed by atoms with E-state index in [0.29, 0.717) is 12.4 Å². The maximum absolute atomic E-state index is 11.1. The van der Waals surface area contributed by atoms with Crippen LogP contribution in [0, 0.1) is 0 Å². The summed E-state index contributed by atoms with van der Waals surface area (Å²) in [5, 5.41) is 0. The molecular weight excluding hydrogens is 176 g/mol. The molecule has 0 unspecified atom stereocenters. The SMILES string of the molecule is C=C(CCl)Cn1cnccc1=O. The zero-order valence-electron chi connectivity index (χ0n) is 6.53. The van der Waals surface area contributed by atoms with Crippen LogP contribution < -0.4 is 5.56 Å². The van der Waals surface area contributed by atoms with E-state index < -0.39 is 0 Å². The lowest BCUT2D eigenvalue weighted by molar-refractivity contribution is 0.727. The van der Waals surface area contributed by atoms with E-state index in [1.165, 1.54) is 23.2 Å². The monoisotopic (exact) mass is 184 g/mol. The normalized spacial score (nSPS) is 9.75. The third kappa shape index (κ3) is 2.20. The van der Waals surface area contributed by atoms with Crippen molar-refractivity contribution in [2.24, 2.45) is 0 Å². The molecule has 0 amide bonds. The first-order valence-corrected chi connectivity index (χ1v) is 4.00. The minimum Gasteiger partial charge on any atom is -0.295 e. The number of hydrogen-bond acceptors (Lipinski definition) is 2. The van der Waals surface area contributed by atoms with Gasteiger partial charge < -0.3 is 0 Å². The van der Waals surface area contributed by atoms with Gasteiger partial charge in [0.05, 0.1) is 6.33 Å². The molecule has 0 atom stereocenters. The molecule has 1 aromatic heterocycles. The highest BCUT2D eigenvalue weighted by atomic mass is 35.5. The van der Waals surface area contributed by atoms with Crippen LogP contribution in [0.5, 0.6) is 0 Å². The van der Waals surface area contributed by atoms with Crippen LogP contribution in [0.3, 0.4) is 0 Å². The number of aromatic nitrogens is 2. The van der Waals surface area contributed by atoms with E-state index in [1.54, 1.807) is 0 Å². The van der Waals surface area contributed by atoms with Crippen molar-refractivity contribution in [3.63, 3.8) is 0 Å². The van der Waals surface area contributed by atoms with Gasteiger partial charge in [0.2, 0.25) is 0 Å². The Bertz CT molecular complexity index is 332. The van der Waals surface area contributed by atoms with Crippen molar-refractivity contribution in [1.82, 2.24) is 9.55 Å². The van der Waals surface area contributed by atoms with Gasteiger partial charge in [-0.15, -0.1) is 11.6 Å². The molecule has 4 heteroatoms. The number of halogens is 1. The van der Waals surface area contributed by atoms with Crippen molar-refractivity contribution < 1.29 is 0 Å². The summed E-state index contributed by atoms with van der Waals surface area (Å²) in [6, 6.07) is 1.40. The second kappa shape index (κ2) is 4.07. The first-order valence-electron chi connectivity index (χ1n) is 3.47. The van der Waals surface area contributed by atoms with Gasteiger partial charge in [0, 0.05) is 24.7 Å². The smallest absolute Gasteiger partial charge is 0.253 e. The summed E-state index contributed by atoms with van der Waals surface area (Å²) < 4.78 is 1.46. The van der Waals surface area contributed by atoms with Crippen LogP contribution in [-0.2, 0) is 6.54 Å². The molecule has 64 valence electrons. The molecule has 12 heavy (non-hydrogen) atoms. The number of hydrogen-bond donors (Lipinski definition) is 0. The number of allylic oxidation sites excluding steroid dienone is 1. The van der Waals surface area contributed by atoms with Crippen LogP contribution in [0.25, 0.3) is 0 Å². The number of nitrogens with zero attached hydrogens (tertiary/aromatic N) is 2. The van der Waals surface area contributed by atoms with Gasteiger partial charge in [-0.1, -0.05) is 6.58 Å². The van der Waals surface area contributed by atoms with Gasteiger partial charge in [0.15, 0.2) is 0 Å². The molecule has 0 aromatic carbocycles. The Labute approximate surface area is 75.3 Å². The second-order valence-electron chi connectivity index (χ2n) is 2.43. The number of rotatable bonds is 3. The van der Waals surface area contributed by atoms with Crippen molar-refractivity contribution in [3.05, 3.63) is 41.1 Å². The highest BCUT2D eigenvalue weighted by Crippen LogP contribution is 1.95. The minimum atomic E-state index is -0.0868. The van der Waals surface area contributed by atoms with E-state index in [4.69, 9.17) is 11.6 Å². The van der Waals surface area contributed by atoms with Crippen molar-refractivity contribution in [2.75, 3.05) is 5.88 Å². The standard InChI is InChI=1S/C8H9ClN2O/c1-7(4-9)5-11-6-10-3-2-8(11)12/h2-3,6H,1,4-5H2. The molecule has 0 bridgehead atoms. The Hall–Kier alpha value is -1.09. The molecule has 1 heterocycles. The van der Waals surface area contributed by atoms with E-state index in [-0.39, 0.29) is 5.56 Å². The molecule has 0 saturated heterocycles. The Morgan fingerprint density at radius 3 is 3.08 bits per heavy atom. The van der Waals surface area contributed by atoms with Crippen LogP contribution in [0.1, 0.15) is 0 Å². The lowest BCUT2D eigenvalue weighted by Crippen LogP contribution is -2.19. The van der Waals surface area contributed by atoms with E-state index in [2.05, 4.69) is 11.6 Å². The summed E-state index contributed by atoms with van der Waals surface area (Å²) in [6.07, 6.45) is 2.93. The third-order valence-corrected chi connectivity index (χ3v) is 1.75. The summed E-state index contributed by atoms with van der Waals surface area (Å²) in [5.74, 6) is 0.362. The van der Waals surface area contributed by atoms with Gasteiger partial charge in [0.25, 0.3) is 5.56 Å². The average molecular weight is 185 g/mol. The van der Waals surface area contributed by atoms with Crippen LogP contribution in [-0.4, -0.2) is 15.4 Å². The summed E-state index contributed by atoms with van der Waals surface area (Å²) in [4.78, 5) is 14.9. The van der Waals surface area contributed by atoms with Crippen LogP contribution in [0.15, 0.2) is 35.5 Å². The van der Waals surface area contributed by atoms with Crippen LogP contribution in [0.2, 0.25) is 0 Å². The van der Waals surface area contributed by atoms with Crippen molar-refractivity contribution in [3.8, 4) is 0 Å². The van der Waals surface area contributed by atoms with E-state index in [9.17, 15) is 4.79 Å². The van der Waals surface area contributed by atoms with Crippen LogP contribution >= 0.6 is 11.6 Å². The van der Waals surface area contributed by atoms with Crippen molar-refractivity contribution >= 4 is 11.6 Å². The second-order valence-corrected chi connectivity index (χ2v) is 2.70. The molecule has 1 rings (SSSR count). The topological polar surface area (TPSA) is 34.9 Å². The lowest BCUT2D eigenvalue weighted by Gasteiger charge is -2.03. The van der Waals surface area contributed by atoms with E-state index >= 15 is 0 Å². The Balaban J connectivity index is 2.83. The van der Waals surface area contributed by atoms with E-state index in [0.717, 1.165) is 5.57 Å². The zero-order chi connectivity index (χ0) is 8.97. The largest absolute Gasteiger partial charge is 0.295 e. The molecular formula is C8H9ClN2O. The van der Waals surface area contributed by atoms with E-state index in [1.807, 2.05) is 0 Å². The van der Waals surface area contributed by atoms with Gasteiger partial charge in [-0.05, 0) is 5.57 Å². The van der Waals surface area contributed by atoms with Gasteiger partial charge in [0.1, 0.15) is 0 Å². The zero-order valence-corrected chi connectivity index (χ0v) is 7.29. The summed E-state index contributed by atoms with van der Waals surface area (Å²) >= 11 is 5.52. The molecule has 0 N–H and O–H groups in total. The molecule has 0 fully saturated rings. The fourth-order valence-corrected chi connectivity index (χ4v) is 0.865. The highest BCUT2D eigenvalue weighted by Gasteiger charge is 1.95. The predicted molar refractivity (Wildman–Crippen MR) is 48.4 cm³/mol. The Morgan fingerprint density at radius 1 is 1.75 bits per heavy atom. The molecule has 0 spiro atoms. The van der Waals surface area contributed by atoms with Gasteiger partial charge >= 0.3 is 0 Å². The minimum absolute atomic E-state index is 0.0868. The number of alkyl halides is 1. The highest BCUT2D eigenvalue weighted by molar-refractivity contribution is 6.19. The van der Waals surface area contributed by atoms with Crippen molar-refractivity contribution in [1.29, 1.82) is 0 Å². The van der Waals surface area contributed by atoms with Gasteiger partial charge in [-0.25, -0.2) is 4.98 Å². The molecule has 0 radical (unpaired) electrons. The lowest BCUT2D eigenvalue weighted by atomic mass is 10.3. The molecule has 3 nitrogen and oxygen atoms in total. The van der Waals surface area contributed by atoms with Crippen molar-refractivity contribution in [2.45, 2.75) is 6.54 Å². The third-order valence-electron chi connectivity index (χ3n) is 1.38. The van der Waals surface area contributed by atoms with Gasteiger partial charge in [-0.3, -0.25) is 9.36 Å². The average Bonchev–Trinajstić information content (AvgIpc) is 2.09. The Kier molecular flexibility index (Phi) is 3.05. The summed E-state index contributed by atoms with van der Waals surface area (Å²) in [7, 11) is 0. The summed E-state index contributed by atoms with van der Waals surface area (Å²) in [6.45, 7) is 4.13. The molecule has 0 aliphatic rings. The molecule has 0 aliphatic heterocycles. The fraction of sp³-hybridized carbons (Fsp3) is 0.250. The fourth-order valence-electron chi connectivity index (χ4n) is 0.780. The first kappa shape index (κ1) is 9.00. The summed E-state index contributed by atoms with van der Waals surface area (Å²) in [5.41, 5.74) is 0.711. The first-order chi connectivity index (χ1) is 5.74.